The van der Waals surface area contributed by atoms with Crippen molar-refractivity contribution in [3.8, 4) is 0 Å². The highest BCUT2D eigenvalue weighted by Gasteiger charge is 2.27. The Balaban J connectivity index is 2.13. The number of anilines is 1. The number of benzene rings is 1. The van der Waals surface area contributed by atoms with Crippen molar-refractivity contribution in [2.45, 2.75) is 50.9 Å². The van der Waals surface area contributed by atoms with Gasteiger partial charge in [0.25, 0.3) is 0 Å². The van der Waals surface area contributed by atoms with Crippen LogP contribution in [0.1, 0.15) is 49.3 Å². The Bertz CT molecular complexity index is 417. The zero-order valence-corrected chi connectivity index (χ0v) is 11.3. The van der Waals surface area contributed by atoms with Crippen LogP contribution in [0, 0.1) is 5.92 Å². The molecule has 0 spiro atoms. The summed E-state index contributed by atoms with van der Waals surface area (Å²) < 4.78 is 0. The Morgan fingerprint density at radius 2 is 1.84 bits per heavy atom. The average Bonchev–Trinajstić information content (AvgIpc) is 2.46. The topological polar surface area (TPSA) is 92.5 Å². The molecule has 4 heteroatoms. The zero-order valence-electron chi connectivity index (χ0n) is 11.3. The molecule has 0 aliphatic heterocycles. The van der Waals surface area contributed by atoms with E-state index in [0.717, 1.165) is 12.8 Å². The zero-order chi connectivity index (χ0) is 13.8. The molecule has 0 saturated heterocycles. The second-order valence-electron chi connectivity index (χ2n) is 5.59. The second kappa shape index (κ2) is 6.37. The lowest BCUT2D eigenvalue weighted by Gasteiger charge is -2.31. The van der Waals surface area contributed by atoms with E-state index in [9.17, 15) is 10.2 Å². The summed E-state index contributed by atoms with van der Waals surface area (Å²) >= 11 is 0. The molecule has 2 rings (SSSR count). The SMILES string of the molecule is Nc1cc(CO)cc(C(O)C(N)C2CCCCC2)c1. The van der Waals surface area contributed by atoms with E-state index in [2.05, 4.69) is 0 Å². The van der Waals surface area contributed by atoms with Crippen molar-refractivity contribution < 1.29 is 10.2 Å². The van der Waals surface area contributed by atoms with Crippen molar-refractivity contribution in [2.24, 2.45) is 11.7 Å². The smallest absolute Gasteiger partial charge is 0.0944 e. The van der Waals surface area contributed by atoms with E-state index in [1.165, 1.54) is 19.3 Å². The second-order valence-corrected chi connectivity index (χ2v) is 5.59. The fourth-order valence-corrected chi connectivity index (χ4v) is 3.01. The van der Waals surface area contributed by atoms with Crippen molar-refractivity contribution >= 4 is 5.69 Å². The third-order valence-corrected chi connectivity index (χ3v) is 4.12. The van der Waals surface area contributed by atoms with Gasteiger partial charge in [-0.3, -0.25) is 0 Å². The average molecular weight is 264 g/mol. The first-order valence-electron chi connectivity index (χ1n) is 7.05. The summed E-state index contributed by atoms with van der Waals surface area (Å²) in [6.07, 6.45) is 5.14. The molecule has 1 saturated carbocycles. The van der Waals surface area contributed by atoms with E-state index in [1.54, 1.807) is 18.2 Å². The van der Waals surface area contributed by atoms with Crippen LogP contribution >= 0.6 is 0 Å². The van der Waals surface area contributed by atoms with Gasteiger partial charge >= 0.3 is 0 Å². The summed E-state index contributed by atoms with van der Waals surface area (Å²) in [5, 5.41) is 19.6. The molecule has 0 aromatic heterocycles. The maximum atomic E-state index is 10.4. The van der Waals surface area contributed by atoms with Crippen LogP contribution in [0.3, 0.4) is 0 Å². The molecule has 4 nitrogen and oxygen atoms in total. The van der Waals surface area contributed by atoms with Gasteiger partial charge < -0.3 is 21.7 Å². The monoisotopic (exact) mass is 264 g/mol. The van der Waals surface area contributed by atoms with Gasteiger partial charge in [0, 0.05) is 11.7 Å². The van der Waals surface area contributed by atoms with Gasteiger partial charge in [-0.05, 0) is 42.0 Å². The summed E-state index contributed by atoms with van der Waals surface area (Å²) in [6.45, 7) is -0.0799. The van der Waals surface area contributed by atoms with Gasteiger partial charge in [0.05, 0.1) is 12.7 Å². The van der Waals surface area contributed by atoms with Crippen molar-refractivity contribution in [3.63, 3.8) is 0 Å². The third kappa shape index (κ3) is 3.47. The number of aliphatic hydroxyl groups is 2. The largest absolute Gasteiger partial charge is 0.399 e. The van der Waals surface area contributed by atoms with Gasteiger partial charge in [-0.15, -0.1) is 0 Å². The van der Waals surface area contributed by atoms with E-state index in [0.29, 0.717) is 22.7 Å². The molecule has 0 radical (unpaired) electrons. The Kier molecular flexibility index (Phi) is 4.80. The normalized spacial score (nSPS) is 20.2. The predicted octanol–water partition coefficient (Wildman–Crippen LogP) is 1.70. The Morgan fingerprint density at radius 1 is 1.16 bits per heavy atom. The first-order valence-corrected chi connectivity index (χ1v) is 7.05. The summed E-state index contributed by atoms with van der Waals surface area (Å²) in [7, 11) is 0. The summed E-state index contributed by atoms with van der Waals surface area (Å²) in [6, 6.07) is 4.98. The van der Waals surface area contributed by atoms with Crippen LogP contribution < -0.4 is 11.5 Å². The number of nitrogen functional groups attached to an aromatic ring is 1. The number of rotatable bonds is 4. The van der Waals surface area contributed by atoms with Crippen LogP contribution in [-0.2, 0) is 6.61 Å². The van der Waals surface area contributed by atoms with Crippen LogP contribution in [0.2, 0.25) is 0 Å². The molecule has 2 atom stereocenters. The van der Waals surface area contributed by atoms with Gasteiger partial charge in [-0.2, -0.15) is 0 Å². The Labute approximate surface area is 114 Å². The van der Waals surface area contributed by atoms with E-state index in [-0.39, 0.29) is 12.6 Å². The fourth-order valence-electron chi connectivity index (χ4n) is 3.01. The molecular weight excluding hydrogens is 240 g/mol. The molecule has 0 bridgehead atoms. The van der Waals surface area contributed by atoms with Gasteiger partial charge in [-0.1, -0.05) is 25.3 Å². The van der Waals surface area contributed by atoms with Gasteiger partial charge in [0.1, 0.15) is 0 Å². The van der Waals surface area contributed by atoms with Crippen LogP contribution in [0.15, 0.2) is 18.2 Å². The molecule has 6 N–H and O–H groups in total. The highest BCUT2D eigenvalue weighted by Crippen LogP contribution is 2.32. The summed E-state index contributed by atoms with van der Waals surface area (Å²) in [4.78, 5) is 0. The Morgan fingerprint density at radius 3 is 2.47 bits per heavy atom. The van der Waals surface area contributed by atoms with Crippen molar-refractivity contribution in [1.82, 2.24) is 0 Å². The molecule has 1 aromatic rings. The highest BCUT2D eigenvalue weighted by atomic mass is 16.3. The number of nitrogens with two attached hydrogens (primary N) is 2. The molecular formula is C15H24N2O2. The minimum Gasteiger partial charge on any atom is -0.399 e. The fraction of sp³-hybridized carbons (Fsp3) is 0.600. The minimum absolute atomic E-state index is 0.0799. The van der Waals surface area contributed by atoms with E-state index in [4.69, 9.17) is 11.5 Å². The number of aliphatic hydroxyl groups excluding tert-OH is 2. The van der Waals surface area contributed by atoms with E-state index in [1.807, 2.05) is 0 Å². The molecule has 1 aliphatic rings. The minimum atomic E-state index is -0.711. The molecule has 2 unspecified atom stereocenters. The molecule has 19 heavy (non-hydrogen) atoms. The van der Waals surface area contributed by atoms with Gasteiger partial charge in [-0.25, -0.2) is 0 Å². The molecule has 1 aromatic carbocycles. The number of hydrogen-bond donors (Lipinski definition) is 4. The lowest BCUT2D eigenvalue weighted by atomic mass is 9.80. The molecule has 1 fully saturated rings. The van der Waals surface area contributed by atoms with Crippen LogP contribution in [0.25, 0.3) is 0 Å². The van der Waals surface area contributed by atoms with Crippen molar-refractivity contribution in [3.05, 3.63) is 29.3 Å². The van der Waals surface area contributed by atoms with Crippen LogP contribution in [0.5, 0.6) is 0 Å². The molecule has 0 amide bonds. The lowest BCUT2D eigenvalue weighted by molar-refractivity contribution is 0.104. The molecule has 0 heterocycles. The highest BCUT2D eigenvalue weighted by molar-refractivity contribution is 5.45. The van der Waals surface area contributed by atoms with Crippen LogP contribution in [0.4, 0.5) is 5.69 Å². The van der Waals surface area contributed by atoms with E-state index < -0.39 is 6.10 Å². The first kappa shape index (κ1) is 14.3. The molecule has 106 valence electrons. The standard InChI is InChI=1S/C15H24N2O2/c16-13-7-10(9-18)6-12(8-13)15(19)14(17)11-4-2-1-3-5-11/h6-8,11,14-15,18-19H,1-5,9,16-17H2. The maximum Gasteiger partial charge on any atom is 0.0944 e. The van der Waals surface area contributed by atoms with E-state index >= 15 is 0 Å². The first-order chi connectivity index (χ1) is 9.11. The van der Waals surface area contributed by atoms with Crippen molar-refractivity contribution in [1.29, 1.82) is 0 Å². The molecule has 1 aliphatic carbocycles. The summed E-state index contributed by atoms with van der Waals surface area (Å²) in [5.41, 5.74) is 14.0. The quantitative estimate of drug-likeness (QED) is 0.623. The van der Waals surface area contributed by atoms with Gasteiger partial charge in [0.15, 0.2) is 0 Å². The lowest BCUT2D eigenvalue weighted by Crippen LogP contribution is -2.37. The summed E-state index contributed by atoms with van der Waals surface area (Å²) in [5.74, 6) is 0.378. The van der Waals surface area contributed by atoms with Crippen LogP contribution in [-0.4, -0.2) is 16.3 Å². The maximum absolute atomic E-state index is 10.4. The third-order valence-electron chi connectivity index (χ3n) is 4.12. The predicted molar refractivity (Wildman–Crippen MR) is 76.3 cm³/mol. The van der Waals surface area contributed by atoms with Gasteiger partial charge in [0.2, 0.25) is 0 Å². The Hall–Kier alpha value is -1.10. The number of hydrogen-bond acceptors (Lipinski definition) is 4. The van der Waals surface area contributed by atoms with Crippen molar-refractivity contribution in [2.75, 3.05) is 5.73 Å².